The van der Waals surface area contributed by atoms with Crippen molar-refractivity contribution in [2.75, 3.05) is 0 Å². The summed E-state index contributed by atoms with van der Waals surface area (Å²) in [6.07, 6.45) is 10.1. The van der Waals surface area contributed by atoms with E-state index in [1.807, 2.05) is 24.4 Å². The van der Waals surface area contributed by atoms with Crippen LogP contribution in [-0.2, 0) is 6.42 Å². The van der Waals surface area contributed by atoms with Crippen LogP contribution < -0.4 is 0 Å². The minimum atomic E-state index is -0.701. The van der Waals surface area contributed by atoms with Gasteiger partial charge in [0.1, 0.15) is 6.10 Å². The largest absolute Gasteiger partial charge is 0.390 e. The van der Waals surface area contributed by atoms with Crippen molar-refractivity contribution >= 4 is 0 Å². The zero-order valence-electron chi connectivity index (χ0n) is 17.7. The first-order valence-corrected chi connectivity index (χ1v) is 11.5. The Labute approximate surface area is 174 Å². The Kier molecular flexibility index (Phi) is 4.51. The van der Waals surface area contributed by atoms with Gasteiger partial charge in [0.05, 0.1) is 11.7 Å². The molecule has 5 rings (SSSR count). The summed E-state index contributed by atoms with van der Waals surface area (Å²) in [5.41, 5.74) is 1.29. The Morgan fingerprint density at radius 3 is 2.59 bits per heavy atom. The molecule has 0 spiro atoms. The van der Waals surface area contributed by atoms with Crippen LogP contribution in [0.15, 0.2) is 36.0 Å². The van der Waals surface area contributed by atoms with Gasteiger partial charge < -0.3 is 15.3 Å². The van der Waals surface area contributed by atoms with Gasteiger partial charge in [-0.1, -0.05) is 26.0 Å². The number of aliphatic hydroxyl groups is 3. The van der Waals surface area contributed by atoms with E-state index < -0.39 is 17.8 Å². The van der Waals surface area contributed by atoms with E-state index in [1.165, 1.54) is 0 Å². The number of rotatable bonds is 2. The van der Waals surface area contributed by atoms with Crippen LogP contribution in [0.4, 0.5) is 0 Å². The molecule has 1 heterocycles. The summed E-state index contributed by atoms with van der Waals surface area (Å²) in [7, 11) is 0. The first kappa shape index (κ1) is 19.7. The average molecular weight is 398 g/mol. The maximum Gasteiger partial charge on any atom is 0.101 e. The summed E-state index contributed by atoms with van der Waals surface area (Å²) < 4.78 is 0. The smallest absolute Gasteiger partial charge is 0.101 e. The predicted octanol–water partition coefficient (Wildman–Crippen LogP) is 3.65. The maximum absolute atomic E-state index is 11.8. The summed E-state index contributed by atoms with van der Waals surface area (Å²) in [6.45, 7) is 4.65. The van der Waals surface area contributed by atoms with Crippen LogP contribution in [-0.4, -0.2) is 38.1 Å². The summed E-state index contributed by atoms with van der Waals surface area (Å²) in [5, 5.41) is 32.7. The van der Waals surface area contributed by atoms with E-state index >= 15 is 0 Å². The molecule has 3 saturated carbocycles. The van der Waals surface area contributed by atoms with Gasteiger partial charge in [-0.2, -0.15) is 0 Å². The van der Waals surface area contributed by atoms with Crippen molar-refractivity contribution in [1.82, 2.24) is 4.98 Å². The molecule has 29 heavy (non-hydrogen) atoms. The first-order valence-electron chi connectivity index (χ1n) is 11.5. The molecule has 3 fully saturated rings. The fourth-order valence-corrected chi connectivity index (χ4v) is 7.92. The summed E-state index contributed by atoms with van der Waals surface area (Å²) in [6, 6.07) is 5.97. The molecule has 0 amide bonds. The Bertz CT molecular complexity index is 810. The van der Waals surface area contributed by atoms with Crippen molar-refractivity contribution in [2.24, 2.45) is 28.6 Å². The maximum atomic E-state index is 11.8. The molecule has 0 radical (unpaired) electrons. The third kappa shape index (κ3) is 2.72. The van der Waals surface area contributed by atoms with E-state index in [2.05, 4.69) is 24.9 Å². The van der Waals surface area contributed by atoms with Crippen molar-refractivity contribution in [2.45, 2.75) is 83.0 Å². The molecule has 4 aliphatic rings. The fraction of sp³-hybridized carbons (Fsp3) is 0.720. The van der Waals surface area contributed by atoms with Gasteiger partial charge in [0.2, 0.25) is 0 Å². The molecule has 3 N–H and O–H groups in total. The fourth-order valence-electron chi connectivity index (χ4n) is 7.92. The van der Waals surface area contributed by atoms with Gasteiger partial charge in [-0.05, 0) is 91.2 Å². The number of aliphatic hydroxyl groups excluding tert-OH is 2. The van der Waals surface area contributed by atoms with Crippen molar-refractivity contribution in [3.63, 3.8) is 0 Å². The predicted molar refractivity (Wildman–Crippen MR) is 112 cm³/mol. The van der Waals surface area contributed by atoms with Crippen LogP contribution >= 0.6 is 0 Å². The molecule has 158 valence electrons. The van der Waals surface area contributed by atoms with Crippen LogP contribution in [0.2, 0.25) is 0 Å². The lowest BCUT2D eigenvalue weighted by Gasteiger charge is -2.59. The van der Waals surface area contributed by atoms with Gasteiger partial charge in [0.25, 0.3) is 0 Å². The van der Waals surface area contributed by atoms with Gasteiger partial charge >= 0.3 is 0 Å². The molecule has 0 unspecified atom stereocenters. The Morgan fingerprint density at radius 2 is 1.83 bits per heavy atom. The van der Waals surface area contributed by atoms with Crippen LogP contribution in [0.5, 0.6) is 0 Å². The van der Waals surface area contributed by atoms with E-state index in [1.54, 1.807) is 0 Å². The molecule has 1 aromatic rings. The van der Waals surface area contributed by atoms with Crippen LogP contribution in [0, 0.1) is 28.6 Å². The lowest BCUT2D eigenvalue weighted by Crippen LogP contribution is -2.56. The summed E-state index contributed by atoms with van der Waals surface area (Å²) >= 11 is 0. The lowest BCUT2D eigenvalue weighted by atomic mass is 9.46. The Balaban J connectivity index is 1.45. The van der Waals surface area contributed by atoms with E-state index in [9.17, 15) is 15.3 Å². The summed E-state index contributed by atoms with van der Waals surface area (Å²) in [4.78, 5) is 4.50. The van der Waals surface area contributed by atoms with Gasteiger partial charge in [-0.3, -0.25) is 4.98 Å². The number of hydrogen-bond acceptors (Lipinski definition) is 4. The zero-order chi connectivity index (χ0) is 20.4. The zero-order valence-corrected chi connectivity index (χ0v) is 17.7. The van der Waals surface area contributed by atoms with Gasteiger partial charge in [0.15, 0.2) is 0 Å². The Hall–Kier alpha value is -1.23. The molecule has 8 atom stereocenters. The highest BCUT2D eigenvalue weighted by molar-refractivity contribution is 5.29. The minimum Gasteiger partial charge on any atom is -0.390 e. The van der Waals surface area contributed by atoms with Crippen molar-refractivity contribution < 1.29 is 15.3 Å². The lowest BCUT2D eigenvalue weighted by molar-refractivity contribution is -0.129. The second-order valence-corrected chi connectivity index (χ2v) is 10.8. The molecule has 4 heteroatoms. The molecular weight excluding hydrogens is 362 g/mol. The van der Waals surface area contributed by atoms with Gasteiger partial charge in [-0.15, -0.1) is 0 Å². The SMILES string of the molecule is C[C@]12CC[C@H](O)[C@H](O)C1=CC[C@@H]1[C@@H]2CC[C@@]2(C)[C@H]1CC[C@@]2(O)Cc1ccccn1. The standard InChI is InChI=1S/C25H35NO3/c1-23-11-10-21(27)22(28)20(23)7-6-17-18(23)8-12-24(2)19(17)9-13-25(24,29)15-16-5-3-4-14-26-16/h3-5,7,14,17-19,21-22,27-29H,6,8-13,15H2,1-2H3/t17-,18+,19+,21+,22-,23-,24+,25-/m1/s1. The number of hydrogen-bond donors (Lipinski definition) is 3. The van der Waals surface area contributed by atoms with E-state index in [4.69, 9.17) is 0 Å². The molecule has 0 aliphatic heterocycles. The van der Waals surface area contributed by atoms with Crippen molar-refractivity contribution in [1.29, 1.82) is 0 Å². The second kappa shape index (κ2) is 6.63. The highest BCUT2D eigenvalue weighted by Gasteiger charge is 2.64. The number of fused-ring (bicyclic) bond motifs is 5. The summed E-state index contributed by atoms with van der Waals surface area (Å²) in [5.74, 6) is 1.61. The molecule has 0 saturated heterocycles. The molecule has 0 bridgehead atoms. The Morgan fingerprint density at radius 1 is 1.03 bits per heavy atom. The highest BCUT2D eigenvalue weighted by Crippen LogP contribution is 2.67. The minimum absolute atomic E-state index is 0.00934. The second-order valence-electron chi connectivity index (χ2n) is 10.8. The van der Waals surface area contributed by atoms with Crippen molar-refractivity contribution in [3.05, 3.63) is 41.7 Å². The number of aromatic nitrogens is 1. The topological polar surface area (TPSA) is 73.6 Å². The van der Waals surface area contributed by atoms with E-state index in [-0.39, 0.29) is 10.8 Å². The number of allylic oxidation sites excluding steroid dienone is 1. The quantitative estimate of drug-likeness (QED) is 0.666. The third-order valence-corrected chi connectivity index (χ3v) is 9.69. The normalized spacial score (nSPS) is 49.0. The molecule has 4 nitrogen and oxygen atoms in total. The number of nitrogens with zero attached hydrogens (tertiary/aromatic N) is 1. The first-order chi connectivity index (χ1) is 13.8. The molecule has 0 aromatic carbocycles. The van der Waals surface area contributed by atoms with Crippen molar-refractivity contribution in [3.8, 4) is 0 Å². The van der Waals surface area contributed by atoms with Gasteiger partial charge in [-0.25, -0.2) is 0 Å². The monoisotopic (exact) mass is 397 g/mol. The van der Waals surface area contributed by atoms with Gasteiger partial charge in [0, 0.05) is 18.3 Å². The molecule has 4 aliphatic carbocycles. The van der Waals surface area contributed by atoms with Crippen LogP contribution in [0.25, 0.3) is 0 Å². The van der Waals surface area contributed by atoms with E-state index in [0.29, 0.717) is 30.6 Å². The number of pyridine rings is 1. The average Bonchev–Trinajstić information content (AvgIpc) is 2.97. The highest BCUT2D eigenvalue weighted by atomic mass is 16.3. The molecule has 1 aromatic heterocycles. The molecular formula is C25H35NO3. The van der Waals surface area contributed by atoms with E-state index in [0.717, 1.165) is 49.8 Å². The third-order valence-electron chi connectivity index (χ3n) is 9.69. The van der Waals surface area contributed by atoms with Crippen LogP contribution in [0.1, 0.15) is 64.5 Å². The van der Waals surface area contributed by atoms with Crippen LogP contribution in [0.3, 0.4) is 0 Å².